The van der Waals surface area contributed by atoms with Crippen LogP contribution in [0.2, 0.25) is 0 Å². The Kier molecular flexibility index (Phi) is 8.84. The van der Waals surface area contributed by atoms with E-state index in [0.717, 1.165) is 24.6 Å². The van der Waals surface area contributed by atoms with Gasteiger partial charge in [0.1, 0.15) is 0 Å². The summed E-state index contributed by atoms with van der Waals surface area (Å²) in [7, 11) is 0. The van der Waals surface area contributed by atoms with E-state index in [9.17, 15) is 0 Å². The maximum absolute atomic E-state index is 4.45. The third kappa shape index (κ3) is 6.92. The van der Waals surface area contributed by atoms with Crippen molar-refractivity contribution in [3.05, 3.63) is 11.1 Å². The van der Waals surface area contributed by atoms with E-state index in [2.05, 4.69) is 36.0 Å². The molecule has 1 N–H and O–H groups in total. The second-order valence-electron chi connectivity index (χ2n) is 5.04. The second-order valence-corrected chi connectivity index (χ2v) is 6.16. The van der Waals surface area contributed by atoms with Gasteiger partial charge in [-0.25, -0.2) is 4.98 Å². The Labute approximate surface area is 122 Å². The first kappa shape index (κ1) is 16.4. The first-order chi connectivity index (χ1) is 9.30. The molecule has 110 valence electrons. The van der Waals surface area contributed by atoms with Crippen molar-refractivity contribution in [1.29, 1.82) is 0 Å². The number of nitrogens with one attached hydrogen (secondary N) is 1. The fourth-order valence-electron chi connectivity index (χ4n) is 1.95. The largest absolute Gasteiger partial charge is 0.362 e. The standard InChI is InChI=1S/C15H29N3S/c1-4-7-10-18(11-8-5-2)13-14-12-17-15(19-14)16-9-6-3/h12H,4-11,13H2,1-3H3,(H,16,17). The molecule has 0 amide bonds. The highest BCUT2D eigenvalue weighted by Crippen LogP contribution is 2.20. The number of unbranched alkanes of at least 4 members (excludes halogenated alkanes) is 2. The van der Waals surface area contributed by atoms with E-state index in [-0.39, 0.29) is 0 Å². The van der Waals surface area contributed by atoms with Gasteiger partial charge in [0.05, 0.1) is 0 Å². The van der Waals surface area contributed by atoms with E-state index in [1.807, 2.05) is 6.20 Å². The topological polar surface area (TPSA) is 28.2 Å². The normalized spacial score (nSPS) is 11.2. The van der Waals surface area contributed by atoms with E-state index in [4.69, 9.17) is 0 Å². The Morgan fingerprint density at radius 3 is 2.37 bits per heavy atom. The van der Waals surface area contributed by atoms with Crippen LogP contribution in [0.4, 0.5) is 5.13 Å². The van der Waals surface area contributed by atoms with E-state index >= 15 is 0 Å². The highest BCUT2D eigenvalue weighted by atomic mass is 32.1. The molecule has 4 heteroatoms. The molecule has 0 fully saturated rings. The van der Waals surface area contributed by atoms with E-state index < -0.39 is 0 Å². The van der Waals surface area contributed by atoms with Gasteiger partial charge in [-0.05, 0) is 32.4 Å². The van der Waals surface area contributed by atoms with Crippen LogP contribution in [-0.4, -0.2) is 29.5 Å². The Balaban J connectivity index is 2.44. The minimum Gasteiger partial charge on any atom is -0.362 e. The zero-order valence-corrected chi connectivity index (χ0v) is 13.6. The van der Waals surface area contributed by atoms with E-state index in [1.54, 1.807) is 11.3 Å². The molecular formula is C15H29N3S. The average Bonchev–Trinajstić information content (AvgIpc) is 2.87. The zero-order valence-electron chi connectivity index (χ0n) is 12.7. The SMILES string of the molecule is CCCCN(CCCC)Cc1cnc(NCCC)s1. The van der Waals surface area contributed by atoms with Gasteiger partial charge in [-0.1, -0.05) is 33.6 Å². The Hall–Kier alpha value is -0.610. The molecule has 0 unspecified atom stereocenters. The summed E-state index contributed by atoms with van der Waals surface area (Å²) in [4.78, 5) is 8.40. The highest BCUT2D eigenvalue weighted by molar-refractivity contribution is 7.15. The summed E-state index contributed by atoms with van der Waals surface area (Å²) in [6.07, 6.45) is 8.32. The summed E-state index contributed by atoms with van der Waals surface area (Å²) in [5, 5.41) is 4.44. The van der Waals surface area contributed by atoms with Crippen molar-refractivity contribution >= 4 is 16.5 Å². The molecule has 0 aliphatic rings. The summed E-state index contributed by atoms with van der Waals surface area (Å²) in [5.74, 6) is 0. The third-order valence-electron chi connectivity index (χ3n) is 3.12. The summed E-state index contributed by atoms with van der Waals surface area (Å²) in [5.41, 5.74) is 0. The van der Waals surface area contributed by atoms with Crippen molar-refractivity contribution in [1.82, 2.24) is 9.88 Å². The van der Waals surface area contributed by atoms with Crippen molar-refractivity contribution in [3.8, 4) is 0 Å². The molecule has 0 atom stereocenters. The van der Waals surface area contributed by atoms with E-state index in [1.165, 1.54) is 43.6 Å². The maximum Gasteiger partial charge on any atom is 0.182 e. The molecule has 19 heavy (non-hydrogen) atoms. The van der Waals surface area contributed by atoms with Gasteiger partial charge in [-0.15, -0.1) is 11.3 Å². The smallest absolute Gasteiger partial charge is 0.182 e. The number of nitrogens with zero attached hydrogens (tertiary/aromatic N) is 2. The Bertz CT molecular complexity index is 317. The zero-order chi connectivity index (χ0) is 13.9. The highest BCUT2D eigenvalue weighted by Gasteiger charge is 2.08. The van der Waals surface area contributed by atoms with Gasteiger partial charge in [-0.3, -0.25) is 4.90 Å². The van der Waals surface area contributed by atoms with Crippen LogP contribution in [0.25, 0.3) is 0 Å². The average molecular weight is 283 g/mol. The van der Waals surface area contributed by atoms with Crippen molar-refractivity contribution < 1.29 is 0 Å². The summed E-state index contributed by atoms with van der Waals surface area (Å²) < 4.78 is 0. The fraction of sp³-hybridized carbons (Fsp3) is 0.800. The lowest BCUT2D eigenvalue weighted by molar-refractivity contribution is 0.259. The number of anilines is 1. The molecule has 0 aliphatic carbocycles. The molecule has 1 aromatic heterocycles. The van der Waals surface area contributed by atoms with Gasteiger partial charge in [0.2, 0.25) is 0 Å². The van der Waals surface area contributed by atoms with Crippen LogP contribution in [0.1, 0.15) is 57.8 Å². The van der Waals surface area contributed by atoms with Crippen molar-refractivity contribution in [2.75, 3.05) is 25.0 Å². The molecule has 0 bridgehead atoms. The quantitative estimate of drug-likeness (QED) is 0.654. The molecule has 0 saturated carbocycles. The van der Waals surface area contributed by atoms with Crippen LogP contribution in [0.3, 0.4) is 0 Å². The minimum absolute atomic E-state index is 1.02. The van der Waals surface area contributed by atoms with Gasteiger partial charge >= 0.3 is 0 Å². The van der Waals surface area contributed by atoms with Crippen molar-refractivity contribution in [3.63, 3.8) is 0 Å². The second kappa shape index (κ2) is 10.2. The van der Waals surface area contributed by atoms with E-state index in [0.29, 0.717) is 0 Å². The van der Waals surface area contributed by atoms with Crippen LogP contribution in [0, 0.1) is 0 Å². The first-order valence-electron chi connectivity index (χ1n) is 7.71. The lowest BCUT2D eigenvalue weighted by atomic mass is 10.2. The number of hydrogen-bond donors (Lipinski definition) is 1. The molecule has 0 saturated heterocycles. The number of aromatic nitrogens is 1. The third-order valence-corrected chi connectivity index (χ3v) is 4.05. The van der Waals surface area contributed by atoms with Crippen molar-refractivity contribution in [2.45, 2.75) is 59.4 Å². The Morgan fingerprint density at radius 2 is 1.79 bits per heavy atom. The first-order valence-corrected chi connectivity index (χ1v) is 8.52. The monoisotopic (exact) mass is 283 g/mol. The summed E-state index contributed by atoms with van der Waals surface area (Å²) >= 11 is 1.80. The molecule has 0 spiro atoms. The maximum atomic E-state index is 4.45. The van der Waals surface area contributed by atoms with Crippen LogP contribution in [-0.2, 0) is 6.54 Å². The molecular weight excluding hydrogens is 254 g/mol. The minimum atomic E-state index is 1.02. The summed E-state index contributed by atoms with van der Waals surface area (Å²) in [6, 6.07) is 0. The Morgan fingerprint density at radius 1 is 1.11 bits per heavy atom. The molecule has 0 aromatic carbocycles. The number of thiazole rings is 1. The molecule has 0 radical (unpaired) electrons. The van der Waals surface area contributed by atoms with Crippen LogP contribution < -0.4 is 5.32 Å². The lowest BCUT2D eigenvalue weighted by Crippen LogP contribution is -2.25. The molecule has 3 nitrogen and oxygen atoms in total. The van der Waals surface area contributed by atoms with Crippen LogP contribution >= 0.6 is 11.3 Å². The predicted octanol–water partition coefficient (Wildman–Crippen LogP) is 4.37. The van der Waals surface area contributed by atoms with Crippen molar-refractivity contribution in [2.24, 2.45) is 0 Å². The fourth-order valence-corrected chi connectivity index (χ4v) is 2.83. The van der Waals surface area contributed by atoms with Gasteiger partial charge in [-0.2, -0.15) is 0 Å². The molecule has 1 aromatic rings. The molecule has 1 heterocycles. The van der Waals surface area contributed by atoms with Gasteiger partial charge in [0, 0.05) is 24.2 Å². The summed E-state index contributed by atoms with van der Waals surface area (Å²) in [6.45, 7) is 11.2. The van der Waals surface area contributed by atoms with Gasteiger partial charge < -0.3 is 5.32 Å². The number of hydrogen-bond acceptors (Lipinski definition) is 4. The van der Waals surface area contributed by atoms with Gasteiger partial charge in [0.25, 0.3) is 0 Å². The molecule has 0 aliphatic heterocycles. The van der Waals surface area contributed by atoms with Gasteiger partial charge in [0.15, 0.2) is 5.13 Å². The van der Waals surface area contributed by atoms with Crippen LogP contribution in [0.5, 0.6) is 0 Å². The predicted molar refractivity (Wildman–Crippen MR) is 86.0 cm³/mol. The molecule has 1 rings (SSSR count). The number of rotatable bonds is 11. The lowest BCUT2D eigenvalue weighted by Gasteiger charge is -2.20. The van der Waals surface area contributed by atoms with Crippen LogP contribution in [0.15, 0.2) is 6.20 Å².